The molecular weight excluding hydrogens is 224 g/mol. The quantitative estimate of drug-likeness (QED) is 0.477. The van der Waals surface area contributed by atoms with Gasteiger partial charge >= 0.3 is 8.80 Å². The summed E-state index contributed by atoms with van der Waals surface area (Å²) in [5.74, 6) is -0.859. The van der Waals surface area contributed by atoms with Crippen LogP contribution in [-0.4, -0.2) is 35.4 Å². The molecule has 0 amide bonds. The Kier molecular flexibility index (Phi) is 7.37. The van der Waals surface area contributed by atoms with E-state index in [1.165, 1.54) is 0 Å². The second-order valence-corrected chi connectivity index (χ2v) is 6.60. The summed E-state index contributed by atoms with van der Waals surface area (Å²) in [6, 6.07) is 0.768. The van der Waals surface area contributed by atoms with Crippen LogP contribution in [0.1, 0.15) is 33.6 Å². The lowest BCUT2D eigenvalue weighted by Gasteiger charge is -2.37. The van der Waals surface area contributed by atoms with Gasteiger partial charge in [-0.15, -0.1) is 0 Å². The molecule has 0 aromatic heterocycles. The van der Waals surface area contributed by atoms with Gasteiger partial charge in [0.25, 0.3) is 0 Å². The Balaban J connectivity index is 4.68. The van der Waals surface area contributed by atoms with E-state index in [0.717, 1.165) is 19.0 Å². The minimum atomic E-state index is -2.62. The van der Waals surface area contributed by atoms with Crippen LogP contribution in [0.5, 0.6) is 0 Å². The van der Waals surface area contributed by atoms with Crippen molar-refractivity contribution >= 4 is 8.80 Å². The van der Waals surface area contributed by atoms with Crippen LogP contribution < -0.4 is 11.1 Å². The molecule has 0 aromatic rings. The summed E-state index contributed by atoms with van der Waals surface area (Å²) in [7, 11) is 0.612. The largest absolute Gasteiger partial charge is 0.502 e. The van der Waals surface area contributed by atoms with Crippen molar-refractivity contribution in [1.82, 2.24) is 5.32 Å². The molecular formula is C10H26N2O3Si. The average molecular weight is 250 g/mol. The van der Waals surface area contributed by atoms with Crippen LogP contribution >= 0.6 is 0 Å². The molecule has 0 bridgehead atoms. The van der Waals surface area contributed by atoms with E-state index in [-0.39, 0.29) is 0 Å². The summed E-state index contributed by atoms with van der Waals surface area (Å²) >= 11 is 0. The van der Waals surface area contributed by atoms with Crippen molar-refractivity contribution in [2.45, 2.75) is 45.5 Å². The molecule has 6 heteroatoms. The molecule has 0 saturated carbocycles. The second kappa shape index (κ2) is 7.36. The Morgan fingerprint density at radius 2 is 1.75 bits per heavy atom. The van der Waals surface area contributed by atoms with Gasteiger partial charge in [0, 0.05) is 26.7 Å². The first-order chi connectivity index (χ1) is 7.51. The average Bonchev–Trinajstić information content (AvgIpc) is 2.29. The van der Waals surface area contributed by atoms with Crippen LogP contribution in [0.3, 0.4) is 0 Å². The molecule has 5 nitrogen and oxygen atoms in total. The van der Waals surface area contributed by atoms with Crippen molar-refractivity contribution in [1.29, 1.82) is 0 Å². The second-order valence-electron chi connectivity index (χ2n) is 3.72. The molecule has 98 valence electrons. The zero-order valence-corrected chi connectivity index (χ0v) is 12.1. The third-order valence-corrected chi connectivity index (χ3v) is 5.55. The topological polar surface area (TPSA) is 65.7 Å². The van der Waals surface area contributed by atoms with Gasteiger partial charge in [0.1, 0.15) is 0 Å². The predicted octanol–water partition coefficient (Wildman–Crippen LogP) is 1.28. The first-order valence-electron chi connectivity index (χ1n) is 5.85. The fraction of sp³-hybridized carbons (Fsp3) is 1.00. The van der Waals surface area contributed by atoms with E-state index in [9.17, 15) is 0 Å². The number of rotatable bonds is 9. The van der Waals surface area contributed by atoms with Crippen molar-refractivity contribution in [3.8, 4) is 0 Å². The summed E-state index contributed by atoms with van der Waals surface area (Å²) < 4.78 is 16.8. The van der Waals surface area contributed by atoms with Gasteiger partial charge in [-0.25, -0.2) is 0 Å². The highest BCUT2D eigenvalue weighted by atomic mass is 28.4. The van der Waals surface area contributed by atoms with Gasteiger partial charge in [0.15, 0.2) is 5.85 Å². The van der Waals surface area contributed by atoms with E-state index in [0.29, 0.717) is 6.42 Å². The Hall–Kier alpha value is 0.0169. The maximum Gasteiger partial charge on any atom is 0.502 e. The van der Waals surface area contributed by atoms with Gasteiger partial charge in [0.05, 0.1) is 0 Å². The van der Waals surface area contributed by atoms with Crippen LogP contribution in [0.4, 0.5) is 0 Å². The smallest absolute Gasteiger partial charge is 0.377 e. The van der Waals surface area contributed by atoms with Gasteiger partial charge in [-0.1, -0.05) is 27.2 Å². The zero-order valence-electron chi connectivity index (χ0n) is 11.1. The maximum atomic E-state index is 6.12. The van der Waals surface area contributed by atoms with Crippen molar-refractivity contribution < 1.29 is 13.3 Å². The fourth-order valence-corrected chi connectivity index (χ4v) is 3.77. The molecule has 0 aliphatic rings. The number of nitrogens with two attached hydrogens (primary N) is 1. The molecule has 1 unspecified atom stereocenters. The van der Waals surface area contributed by atoms with Crippen molar-refractivity contribution in [2.75, 3.05) is 20.8 Å². The van der Waals surface area contributed by atoms with Gasteiger partial charge in [-0.2, -0.15) is 0 Å². The van der Waals surface area contributed by atoms with Gasteiger partial charge in [0.2, 0.25) is 0 Å². The van der Waals surface area contributed by atoms with E-state index in [2.05, 4.69) is 12.2 Å². The summed E-state index contributed by atoms with van der Waals surface area (Å²) in [6.45, 7) is 6.78. The van der Waals surface area contributed by atoms with Crippen LogP contribution in [0, 0.1) is 0 Å². The highest BCUT2D eigenvalue weighted by molar-refractivity contribution is 6.60. The van der Waals surface area contributed by atoms with Crippen molar-refractivity contribution in [3.63, 3.8) is 0 Å². The fourth-order valence-electron chi connectivity index (χ4n) is 1.54. The Morgan fingerprint density at radius 3 is 2.06 bits per heavy atom. The van der Waals surface area contributed by atoms with Crippen LogP contribution in [-0.2, 0) is 13.3 Å². The summed E-state index contributed by atoms with van der Waals surface area (Å²) in [5, 5.41) is 3.12. The molecule has 3 N–H and O–H groups in total. The highest BCUT2D eigenvalue weighted by Gasteiger charge is 2.44. The Bertz CT molecular complexity index is 191. The third kappa shape index (κ3) is 4.48. The first kappa shape index (κ1) is 16.0. The zero-order chi connectivity index (χ0) is 12.7. The normalized spacial score (nSPS) is 16.1. The molecule has 0 radical (unpaired) electrons. The molecule has 0 aromatic carbocycles. The Morgan fingerprint density at radius 1 is 1.19 bits per heavy atom. The maximum absolute atomic E-state index is 6.12. The predicted molar refractivity (Wildman–Crippen MR) is 66.8 cm³/mol. The van der Waals surface area contributed by atoms with Crippen molar-refractivity contribution in [2.24, 2.45) is 5.73 Å². The molecule has 16 heavy (non-hydrogen) atoms. The van der Waals surface area contributed by atoms with E-state index in [4.69, 9.17) is 19.0 Å². The van der Waals surface area contributed by atoms with E-state index in [1.807, 2.05) is 13.8 Å². The third-order valence-electron chi connectivity index (χ3n) is 2.52. The van der Waals surface area contributed by atoms with Gasteiger partial charge < -0.3 is 13.3 Å². The molecule has 0 rings (SSSR count). The van der Waals surface area contributed by atoms with Gasteiger partial charge in [-0.3, -0.25) is 11.1 Å². The molecule has 0 saturated heterocycles. The number of hydrogen-bond donors (Lipinski definition) is 2. The monoisotopic (exact) mass is 250 g/mol. The van der Waals surface area contributed by atoms with Crippen LogP contribution in [0.25, 0.3) is 0 Å². The summed E-state index contributed by atoms with van der Waals surface area (Å²) in [6.07, 6.45) is 1.60. The lowest BCUT2D eigenvalue weighted by molar-refractivity contribution is -0.0382. The van der Waals surface area contributed by atoms with Crippen molar-refractivity contribution in [3.05, 3.63) is 0 Å². The highest BCUT2D eigenvalue weighted by Crippen LogP contribution is 2.21. The van der Waals surface area contributed by atoms with E-state index in [1.54, 1.807) is 14.2 Å². The Labute approximate surface area is 100 Å². The van der Waals surface area contributed by atoms with Crippen LogP contribution in [0.15, 0.2) is 0 Å². The lowest BCUT2D eigenvalue weighted by Crippen LogP contribution is -2.63. The van der Waals surface area contributed by atoms with Gasteiger partial charge in [-0.05, 0) is 6.54 Å². The molecule has 0 aliphatic heterocycles. The van der Waals surface area contributed by atoms with Crippen LogP contribution in [0.2, 0.25) is 6.04 Å². The molecule has 0 spiro atoms. The molecule has 0 fully saturated rings. The standard InChI is InChI=1S/C10H26N2O3Si/c1-6-9-16(13-4,14-5)15-10(11,7-2)12-8-3/h12H,6-9,11H2,1-5H3. The summed E-state index contributed by atoms with van der Waals surface area (Å²) in [5.41, 5.74) is 6.12. The molecule has 0 aliphatic carbocycles. The lowest BCUT2D eigenvalue weighted by atomic mass is 10.3. The summed E-state index contributed by atoms with van der Waals surface area (Å²) in [4.78, 5) is 0. The molecule has 0 heterocycles. The van der Waals surface area contributed by atoms with E-state index >= 15 is 0 Å². The number of nitrogens with one attached hydrogen (secondary N) is 1. The van der Waals surface area contributed by atoms with E-state index < -0.39 is 14.7 Å². The first-order valence-corrected chi connectivity index (χ1v) is 7.79. The number of hydrogen-bond acceptors (Lipinski definition) is 5. The minimum absolute atomic E-state index is 0.659. The minimum Gasteiger partial charge on any atom is -0.377 e. The molecule has 1 atom stereocenters. The SMILES string of the molecule is CCC[Si](OC)(OC)OC(N)(CC)NCC.